The molecule has 1 N–H and O–H groups in total. The molecule has 0 fully saturated rings. The summed E-state index contributed by atoms with van der Waals surface area (Å²) in [6.45, 7) is 2.04. The van der Waals surface area contributed by atoms with E-state index in [4.69, 9.17) is 11.6 Å². The Balaban J connectivity index is 2.26. The molecule has 0 saturated carbocycles. The van der Waals surface area contributed by atoms with E-state index in [0.29, 0.717) is 17.0 Å². The fourth-order valence-corrected chi connectivity index (χ4v) is 2.67. The van der Waals surface area contributed by atoms with Crippen LogP contribution in [0.25, 0.3) is 0 Å². The maximum absolute atomic E-state index is 13.9. The highest BCUT2D eigenvalue weighted by Crippen LogP contribution is 2.25. The molecule has 0 heterocycles. The zero-order valence-electron chi connectivity index (χ0n) is 11.4. The van der Waals surface area contributed by atoms with Gasteiger partial charge in [0.15, 0.2) is 0 Å². The molecule has 4 heteroatoms. The molecule has 1 atom stereocenters. The van der Waals surface area contributed by atoms with Gasteiger partial charge in [0.05, 0.1) is 0 Å². The second kappa shape index (κ2) is 6.70. The zero-order chi connectivity index (χ0) is 14.7. The van der Waals surface area contributed by atoms with Crippen molar-refractivity contribution in [2.45, 2.75) is 19.4 Å². The van der Waals surface area contributed by atoms with E-state index >= 15 is 0 Å². The Labute approximate surface area is 132 Å². The summed E-state index contributed by atoms with van der Waals surface area (Å²) >= 11 is 9.31. The van der Waals surface area contributed by atoms with E-state index in [-0.39, 0.29) is 11.9 Å². The minimum Gasteiger partial charge on any atom is -0.313 e. The van der Waals surface area contributed by atoms with Crippen molar-refractivity contribution in [1.29, 1.82) is 0 Å². The molecule has 0 radical (unpaired) electrons. The topological polar surface area (TPSA) is 12.0 Å². The molecule has 2 aromatic carbocycles. The Bertz CT molecular complexity index is 615. The minimum absolute atomic E-state index is 0.0579. The van der Waals surface area contributed by atoms with Crippen LogP contribution in [0, 0.1) is 12.7 Å². The third kappa shape index (κ3) is 3.60. The molecule has 20 heavy (non-hydrogen) atoms. The second-order valence-electron chi connectivity index (χ2n) is 4.79. The van der Waals surface area contributed by atoms with Crippen molar-refractivity contribution in [3.8, 4) is 0 Å². The van der Waals surface area contributed by atoms with Gasteiger partial charge in [-0.2, -0.15) is 0 Å². The third-order valence-corrected chi connectivity index (χ3v) is 4.48. The number of hydrogen-bond donors (Lipinski definition) is 1. The smallest absolute Gasteiger partial charge is 0.127 e. The molecular formula is C16H16BrClFN. The van der Waals surface area contributed by atoms with E-state index in [1.165, 1.54) is 11.6 Å². The second-order valence-corrected chi connectivity index (χ2v) is 6.08. The van der Waals surface area contributed by atoms with Gasteiger partial charge in [-0.15, -0.1) is 0 Å². The Morgan fingerprint density at radius 1 is 1.25 bits per heavy atom. The van der Waals surface area contributed by atoms with Gasteiger partial charge < -0.3 is 5.32 Å². The molecule has 0 saturated heterocycles. The molecule has 0 aliphatic rings. The quantitative estimate of drug-likeness (QED) is 0.808. The van der Waals surface area contributed by atoms with Crippen molar-refractivity contribution in [2.75, 3.05) is 7.05 Å². The Hall–Kier alpha value is -0.900. The van der Waals surface area contributed by atoms with E-state index < -0.39 is 0 Å². The van der Waals surface area contributed by atoms with Crippen LogP contribution in [-0.2, 0) is 6.42 Å². The molecule has 0 spiro atoms. The SMILES string of the molecule is CNC(Cc1ccc(Cl)cc1F)c1ccc(C)c(Br)c1. The van der Waals surface area contributed by atoms with Crippen LogP contribution >= 0.6 is 27.5 Å². The van der Waals surface area contributed by atoms with E-state index in [0.717, 1.165) is 10.0 Å². The molecule has 106 valence electrons. The van der Waals surface area contributed by atoms with E-state index in [9.17, 15) is 4.39 Å². The minimum atomic E-state index is -0.260. The first-order valence-electron chi connectivity index (χ1n) is 6.38. The van der Waals surface area contributed by atoms with Crippen molar-refractivity contribution in [3.05, 3.63) is 68.4 Å². The maximum Gasteiger partial charge on any atom is 0.127 e. The largest absolute Gasteiger partial charge is 0.313 e. The van der Waals surface area contributed by atoms with Gasteiger partial charge in [-0.1, -0.05) is 45.7 Å². The molecule has 0 aliphatic heterocycles. The first-order chi connectivity index (χ1) is 9.51. The number of likely N-dealkylation sites (N-methyl/N-ethyl adjacent to an activating group) is 1. The summed E-state index contributed by atoms with van der Waals surface area (Å²) < 4.78 is 14.9. The average Bonchev–Trinajstić information content (AvgIpc) is 2.41. The first kappa shape index (κ1) is 15.5. The zero-order valence-corrected chi connectivity index (χ0v) is 13.7. The van der Waals surface area contributed by atoms with Crippen LogP contribution in [-0.4, -0.2) is 7.05 Å². The summed E-state index contributed by atoms with van der Waals surface area (Å²) in [6.07, 6.45) is 0.578. The average molecular weight is 357 g/mol. The molecule has 1 unspecified atom stereocenters. The van der Waals surface area contributed by atoms with Crippen molar-refractivity contribution >= 4 is 27.5 Å². The summed E-state index contributed by atoms with van der Waals surface area (Å²) in [5.41, 5.74) is 2.96. The van der Waals surface area contributed by atoms with Gasteiger partial charge in [-0.05, 0) is 55.3 Å². The fourth-order valence-electron chi connectivity index (χ4n) is 2.12. The number of nitrogens with one attached hydrogen (secondary N) is 1. The fraction of sp³-hybridized carbons (Fsp3) is 0.250. The van der Waals surface area contributed by atoms with Gasteiger partial charge in [0, 0.05) is 15.5 Å². The van der Waals surface area contributed by atoms with Crippen molar-refractivity contribution in [2.24, 2.45) is 0 Å². The number of hydrogen-bond acceptors (Lipinski definition) is 1. The first-order valence-corrected chi connectivity index (χ1v) is 7.55. The van der Waals surface area contributed by atoms with E-state index in [2.05, 4.69) is 39.4 Å². The van der Waals surface area contributed by atoms with Crippen molar-refractivity contribution in [3.63, 3.8) is 0 Å². The molecule has 0 aliphatic carbocycles. The summed E-state index contributed by atoms with van der Waals surface area (Å²) in [5, 5.41) is 3.66. The van der Waals surface area contributed by atoms with Crippen LogP contribution < -0.4 is 5.32 Å². The highest BCUT2D eigenvalue weighted by atomic mass is 79.9. The van der Waals surface area contributed by atoms with Crippen LogP contribution in [0.1, 0.15) is 22.7 Å². The molecule has 0 amide bonds. The lowest BCUT2D eigenvalue weighted by molar-refractivity contribution is 0.554. The Kier molecular flexibility index (Phi) is 5.19. The normalized spacial score (nSPS) is 12.4. The van der Waals surface area contributed by atoms with Gasteiger partial charge >= 0.3 is 0 Å². The van der Waals surface area contributed by atoms with Crippen LogP contribution in [0.2, 0.25) is 5.02 Å². The Morgan fingerprint density at radius 3 is 2.60 bits per heavy atom. The van der Waals surface area contributed by atoms with Crippen molar-refractivity contribution in [1.82, 2.24) is 5.32 Å². The number of benzene rings is 2. The summed E-state index contributed by atoms with van der Waals surface area (Å²) in [7, 11) is 1.88. The van der Waals surface area contributed by atoms with Crippen LogP contribution in [0.5, 0.6) is 0 Å². The highest BCUT2D eigenvalue weighted by Gasteiger charge is 2.14. The van der Waals surface area contributed by atoms with Crippen molar-refractivity contribution < 1.29 is 4.39 Å². The summed E-state index contributed by atoms with van der Waals surface area (Å²) in [4.78, 5) is 0. The lowest BCUT2D eigenvalue weighted by Crippen LogP contribution is -2.19. The van der Waals surface area contributed by atoms with Gasteiger partial charge in [0.1, 0.15) is 5.82 Å². The summed E-state index contributed by atoms with van der Waals surface area (Å²) in [6, 6.07) is 11.1. The van der Waals surface area contributed by atoms with Gasteiger partial charge in [0.2, 0.25) is 0 Å². The standard InChI is InChI=1S/C16H16BrClFN/c1-10-3-4-12(7-14(10)17)16(20-2)8-11-5-6-13(18)9-15(11)19/h3-7,9,16,20H,8H2,1-2H3. The third-order valence-electron chi connectivity index (χ3n) is 3.39. The van der Waals surface area contributed by atoms with Gasteiger partial charge in [0.25, 0.3) is 0 Å². The van der Waals surface area contributed by atoms with Crippen LogP contribution in [0.4, 0.5) is 4.39 Å². The van der Waals surface area contributed by atoms with E-state index in [1.54, 1.807) is 12.1 Å². The highest BCUT2D eigenvalue weighted by molar-refractivity contribution is 9.10. The Morgan fingerprint density at radius 2 is 2.00 bits per heavy atom. The predicted molar refractivity (Wildman–Crippen MR) is 85.8 cm³/mol. The lowest BCUT2D eigenvalue weighted by atomic mass is 9.98. The maximum atomic E-state index is 13.9. The van der Waals surface area contributed by atoms with Gasteiger partial charge in [-0.25, -0.2) is 4.39 Å². The summed E-state index contributed by atoms with van der Waals surface area (Å²) in [5.74, 6) is -0.260. The number of aryl methyl sites for hydroxylation is 1. The molecule has 1 nitrogen and oxygen atoms in total. The van der Waals surface area contributed by atoms with E-state index in [1.807, 2.05) is 14.0 Å². The molecular weight excluding hydrogens is 341 g/mol. The molecule has 0 aromatic heterocycles. The van der Waals surface area contributed by atoms with Crippen LogP contribution in [0.15, 0.2) is 40.9 Å². The molecule has 2 aromatic rings. The lowest BCUT2D eigenvalue weighted by Gasteiger charge is -2.18. The van der Waals surface area contributed by atoms with Gasteiger partial charge in [-0.3, -0.25) is 0 Å². The predicted octanol–water partition coefficient (Wildman–Crippen LogP) is 5.05. The molecule has 0 bridgehead atoms. The molecule has 2 rings (SSSR count). The number of rotatable bonds is 4. The van der Waals surface area contributed by atoms with Crippen LogP contribution in [0.3, 0.4) is 0 Å². The monoisotopic (exact) mass is 355 g/mol. The number of halogens is 3.